The fourth-order valence-corrected chi connectivity index (χ4v) is 4.71. The van der Waals surface area contributed by atoms with Gasteiger partial charge in [-0.3, -0.25) is 4.79 Å². The second-order valence-electron chi connectivity index (χ2n) is 8.36. The van der Waals surface area contributed by atoms with Crippen LogP contribution in [0.3, 0.4) is 0 Å². The van der Waals surface area contributed by atoms with Crippen LogP contribution in [0.25, 0.3) is 0 Å². The maximum absolute atomic E-state index is 13.0. The molecule has 0 aromatic heterocycles. The second kappa shape index (κ2) is 15.2. The molecule has 0 radical (unpaired) electrons. The van der Waals surface area contributed by atoms with Crippen LogP contribution in [0.4, 0.5) is 5.69 Å². The van der Waals surface area contributed by atoms with Gasteiger partial charge in [0.15, 0.2) is 6.10 Å². The second-order valence-corrected chi connectivity index (χ2v) is 10.1. The number of ether oxygens (including phenoxy) is 2. The molecule has 0 spiro atoms. The number of benzene rings is 3. The maximum Gasteiger partial charge on any atom is 0.340 e. The number of nitrogens with zero attached hydrogens (tertiary/aromatic N) is 2. The highest BCUT2D eigenvalue weighted by molar-refractivity contribution is 6.36. The summed E-state index contributed by atoms with van der Waals surface area (Å²) in [4.78, 5) is 29.2. The van der Waals surface area contributed by atoms with E-state index in [1.54, 1.807) is 83.9 Å². The van der Waals surface area contributed by atoms with E-state index in [9.17, 15) is 9.59 Å². The van der Waals surface area contributed by atoms with Gasteiger partial charge in [-0.25, -0.2) is 4.79 Å². The molecule has 3 aromatic rings. The lowest BCUT2D eigenvalue weighted by atomic mass is 10.1. The molecular weight excluding hydrogens is 624 g/mol. The molecule has 1 heterocycles. The molecule has 214 valence electrons. The van der Waals surface area contributed by atoms with Gasteiger partial charge in [-0.15, -0.1) is 12.4 Å². The molecule has 1 aliphatic rings. The minimum atomic E-state index is -0.886. The minimum Gasteiger partial charge on any atom is -0.497 e. The molecule has 0 saturated heterocycles. The number of methoxy groups -OCH3 is 1. The summed E-state index contributed by atoms with van der Waals surface area (Å²) in [5.41, 5.74) is 0.608. The van der Waals surface area contributed by atoms with E-state index in [0.717, 1.165) is 0 Å². The highest BCUT2D eigenvalue weighted by atomic mass is 35.5. The Morgan fingerprint density at radius 1 is 0.975 bits per heavy atom. The van der Waals surface area contributed by atoms with Gasteiger partial charge in [-0.2, -0.15) is 0 Å². The predicted octanol–water partition coefficient (Wildman–Crippen LogP) is 6.40. The Balaban J connectivity index is 0.00000280. The Morgan fingerprint density at radius 2 is 1.68 bits per heavy atom. The van der Waals surface area contributed by atoms with Crippen molar-refractivity contribution < 1.29 is 24.5 Å². The highest BCUT2D eigenvalue weighted by Crippen LogP contribution is 2.33. The fourth-order valence-electron chi connectivity index (χ4n) is 3.78. The Hall–Kier alpha value is -2.85. The molecule has 0 saturated carbocycles. The van der Waals surface area contributed by atoms with Gasteiger partial charge in [0.05, 0.1) is 30.9 Å². The van der Waals surface area contributed by atoms with Gasteiger partial charge in [0.1, 0.15) is 11.3 Å². The van der Waals surface area contributed by atoms with Crippen LogP contribution < -0.4 is 10.1 Å². The minimum absolute atomic E-state index is 0. The van der Waals surface area contributed by atoms with Crippen LogP contribution >= 0.6 is 58.8 Å². The van der Waals surface area contributed by atoms with Crippen molar-refractivity contribution in [3.8, 4) is 5.75 Å². The number of esters is 1. The van der Waals surface area contributed by atoms with Gasteiger partial charge in [0.2, 0.25) is 5.91 Å². The van der Waals surface area contributed by atoms with Crippen LogP contribution in [-0.2, 0) is 9.53 Å². The quantitative estimate of drug-likeness (QED) is 0.164. The SMILES string of the molecule is COc1cccc(NC(=O)CN2C=CN(C(Cl)C(OC(=O)c3ccc(Cl)cc3Cl)c3ccc(Cl)cc3)C2)c1.Cl.O. The van der Waals surface area contributed by atoms with E-state index in [2.05, 4.69) is 5.32 Å². The van der Waals surface area contributed by atoms with Gasteiger partial charge >= 0.3 is 5.97 Å². The van der Waals surface area contributed by atoms with Crippen molar-refractivity contribution in [1.82, 2.24) is 9.80 Å². The Labute approximate surface area is 258 Å². The Kier molecular flexibility index (Phi) is 12.7. The topological polar surface area (TPSA) is 103 Å². The van der Waals surface area contributed by atoms with Crippen molar-refractivity contribution in [2.45, 2.75) is 11.6 Å². The van der Waals surface area contributed by atoms with Crippen LogP contribution in [0.1, 0.15) is 22.0 Å². The third kappa shape index (κ3) is 8.57. The molecule has 3 N–H and O–H groups in total. The molecule has 13 heteroatoms. The first-order valence-electron chi connectivity index (χ1n) is 11.4. The van der Waals surface area contributed by atoms with Crippen LogP contribution in [0.5, 0.6) is 5.75 Å². The van der Waals surface area contributed by atoms with Gasteiger partial charge in [0.25, 0.3) is 0 Å². The highest BCUT2D eigenvalue weighted by Gasteiger charge is 2.32. The van der Waals surface area contributed by atoms with Crippen LogP contribution in [-0.4, -0.2) is 53.0 Å². The fraction of sp³-hybridized carbons (Fsp3) is 0.185. The smallest absolute Gasteiger partial charge is 0.340 e. The van der Waals surface area contributed by atoms with E-state index in [4.69, 9.17) is 55.9 Å². The number of carbonyl (C=O) groups excluding carboxylic acids is 2. The van der Waals surface area contributed by atoms with Gasteiger partial charge < -0.3 is 30.1 Å². The monoisotopic (exact) mass is 647 g/mol. The van der Waals surface area contributed by atoms with Crippen LogP contribution in [0, 0.1) is 0 Å². The summed E-state index contributed by atoms with van der Waals surface area (Å²) in [6.45, 7) is 0.378. The Bertz CT molecular complexity index is 1340. The Morgan fingerprint density at radius 3 is 2.35 bits per heavy atom. The van der Waals surface area contributed by atoms with Crippen molar-refractivity contribution in [2.75, 3.05) is 25.6 Å². The standard InChI is InChI=1S/C27H23Cl4N3O4.ClH.H2O/c1-37-21-4-2-3-20(14-21)32-24(35)15-33-11-12-34(16-33)26(31)25(17-5-7-18(28)8-6-17)38-27(36)22-10-9-19(29)13-23(22)30;;/h2-14,25-26H,15-16H2,1H3,(H,32,35);1H;1H2. The zero-order valence-corrected chi connectivity index (χ0v) is 24.9. The molecule has 2 unspecified atom stereocenters. The molecule has 0 fully saturated rings. The third-order valence-corrected chi connectivity index (χ3v) is 6.94. The van der Waals surface area contributed by atoms with Crippen molar-refractivity contribution in [1.29, 1.82) is 0 Å². The van der Waals surface area contributed by atoms with E-state index in [0.29, 0.717) is 33.7 Å². The zero-order valence-electron chi connectivity index (χ0n) is 21.0. The number of hydrogen-bond acceptors (Lipinski definition) is 6. The number of carbonyl (C=O) groups is 2. The summed E-state index contributed by atoms with van der Waals surface area (Å²) in [5.74, 6) is -0.230. The predicted molar refractivity (Wildman–Crippen MR) is 161 cm³/mol. The average Bonchev–Trinajstić information content (AvgIpc) is 3.35. The van der Waals surface area contributed by atoms with Crippen LogP contribution in [0.2, 0.25) is 15.1 Å². The molecular formula is C27H26Cl5N3O5. The number of rotatable bonds is 9. The van der Waals surface area contributed by atoms with Crippen molar-refractivity contribution >= 4 is 76.4 Å². The van der Waals surface area contributed by atoms with E-state index >= 15 is 0 Å². The summed E-state index contributed by atoms with van der Waals surface area (Å²) >= 11 is 25.1. The largest absolute Gasteiger partial charge is 0.497 e. The number of amides is 1. The lowest BCUT2D eigenvalue weighted by Crippen LogP contribution is -2.38. The molecule has 8 nitrogen and oxygen atoms in total. The molecule has 1 amide bonds. The summed E-state index contributed by atoms with van der Waals surface area (Å²) in [6, 6.07) is 18.4. The lowest BCUT2D eigenvalue weighted by Gasteiger charge is -2.31. The first-order valence-corrected chi connectivity index (χ1v) is 13.0. The van der Waals surface area contributed by atoms with Gasteiger partial charge in [-0.05, 0) is 48.0 Å². The first kappa shape index (κ1) is 33.4. The van der Waals surface area contributed by atoms with Gasteiger partial charge in [-0.1, -0.05) is 64.6 Å². The third-order valence-electron chi connectivity index (χ3n) is 5.66. The summed E-state index contributed by atoms with van der Waals surface area (Å²) in [7, 11) is 1.56. The molecule has 0 aliphatic carbocycles. The number of hydrogen-bond donors (Lipinski definition) is 1. The maximum atomic E-state index is 13.0. The molecule has 1 aliphatic heterocycles. The average molecular weight is 650 g/mol. The summed E-state index contributed by atoms with van der Waals surface area (Å²) in [6.07, 6.45) is 2.60. The van der Waals surface area contributed by atoms with E-state index in [-0.39, 0.29) is 40.9 Å². The van der Waals surface area contributed by atoms with E-state index in [1.165, 1.54) is 12.1 Å². The lowest BCUT2D eigenvalue weighted by molar-refractivity contribution is -0.116. The zero-order chi connectivity index (χ0) is 27.2. The normalized spacial score (nSPS) is 13.5. The molecule has 4 rings (SSSR count). The van der Waals surface area contributed by atoms with E-state index in [1.807, 2.05) is 0 Å². The molecule has 40 heavy (non-hydrogen) atoms. The number of halogens is 5. The summed E-state index contributed by atoms with van der Waals surface area (Å²) in [5, 5.41) is 3.93. The van der Waals surface area contributed by atoms with Crippen molar-refractivity contribution in [2.24, 2.45) is 0 Å². The van der Waals surface area contributed by atoms with Crippen LogP contribution in [0.15, 0.2) is 79.1 Å². The molecule has 2 atom stereocenters. The number of anilines is 1. The van der Waals surface area contributed by atoms with E-state index < -0.39 is 17.6 Å². The summed E-state index contributed by atoms with van der Waals surface area (Å²) < 4.78 is 11.0. The number of alkyl halides is 1. The molecule has 0 bridgehead atoms. The van der Waals surface area contributed by atoms with Crippen molar-refractivity contribution in [3.63, 3.8) is 0 Å². The number of nitrogens with one attached hydrogen (secondary N) is 1. The van der Waals surface area contributed by atoms with Crippen molar-refractivity contribution in [3.05, 3.63) is 105 Å². The first-order chi connectivity index (χ1) is 18.2. The molecule has 3 aromatic carbocycles. The van der Waals surface area contributed by atoms with Gasteiger partial charge in [0, 0.05) is 34.2 Å².